The zero-order valence-electron chi connectivity index (χ0n) is 15.2. The van der Waals surface area contributed by atoms with Gasteiger partial charge in [-0.3, -0.25) is 0 Å². The summed E-state index contributed by atoms with van der Waals surface area (Å²) in [4.78, 5) is 16.8. The van der Waals surface area contributed by atoms with E-state index in [1.54, 1.807) is 18.2 Å². The van der Waals surface area contributed by atoms with Crippen LogP contribution < -0.4 is 15.7 Å². The molecule has 0 bridgehead atoms. The lowest BCUT2D eigenvalue weighted by atomic mass is 10.2. The second-order valence-electron chi connectivity index (χ2n) is 6.36. The van der Waals surface area contributed by atoms with E-state index >= 15 is 0 Å². The van der Waals surface area contributed by atoms with Gasteiger partial charge in [-0.05, 0) is 54.1 Å². The number of H-pyrrole nitrogens is 2. The number of hydrogen-bond donors (Lipinski definition) is 3. The second-order valence-corrected chi connectivity index (χ2v) is 6.80. The lowest BCUT2D eigenvalue weighted by molar-refractivity contribution is 0.303. The maximum Gasteiger partial charge on any atom is 0.323 e. The van der Waals surface area contributed by atoms with Crippen LogP contribution in [-0.2, 0) is 13.2 Å². The number of nitrogens with one attached hydrogen (secondary N) is 3. The van der Waals surface area contributed by atoms with Crippen LogP contribution in [0.2, 0.25) is 5.02 Å². The molecule has 0 fully saturated rings. The van der Waals surface area contributed by atoms with Gasteiger partial charge in [0.15, 0.2) is 0 Å². The maximum absolute atomic E-state index is 13.0. The fourth-order valence-corrected chi connectivity index (χ4v) is 3.10. The molecule has 4 aromatic rings. The molecule has 4 rings (SSSR count). The van der Waals surface area contributed by atoms with Crippen molar-refractivity contribution >= 4 is 40.7 Å². The van der Waals surface area contributed by atoms with Gasteiger partial charge in [0.05, 0.1) is 11.0 Å². The van der Waals surface area contributed by atoms with E-state index in [0.29, 0.717) is 23.9 Å². The Balaban J connectivity index is 0.00000240. The van der Waals surface area contributed by atoms with E-state index in [-0.39, 0.29) is 23.9 Å². The van der Waals surface area contributed by atoms with Gasteiger partial charge in [0.25, 0.3) is 0 Å². The van der Waals surface area contributed by atoms with E-state index in [9.17, 15) is 9.18 Å². The van der Waals surface area contributed by atoms with E-state index in [2.05, 4.69) is 15.3 Å². The van der Waals surface area contributed by atoms with E-state index in [0.717, 1.165) is 27.8 Å². The average Bonchev–Trinajstić information content (AvgIpc) is 3.06. The molecule has 3 N–H and O–H groups in total. The number of imidazole rings is 1. The van der Waals surface area contributed by atoms with Crippen molar-refractivity contribution in [3.8, 4) is 5.75 Å². The third-order valence-electron chi connectivity index (χ3n) is 4.33. The zero-order chi connectivity index (χ0) is 19.5. The first-order valence-electron chi connectivity index (χ1n) is 8.68. The standard InChI is InChI=1S/C21H17ClFN3O2.ClH/c22-15-3-8-20(28-12-13-1-4-16(23)5-2-13)14(9-15)11-24-17-6-7-18-19(10-17)26-21(27)25-18;/h1-10,24H,11-12H2,(H2,25,26,27);1H. The molecule has 0 aliphatic carbocycles. The van der Waals surface area contributed by atoms with Gasteiger partial charge in [0, 0.05) is 22.8 Å². The monoisotopic (exact) mass is 433 g/mol. The predicted molar refractivity (Wildman–Crippen MR) is 116 cm³/mol. The number of fused-ring (bicyclic) bond motifs is 1. The Labute approximate surface area is 177 Å². The quantitative estimate of drug-likeness (QED) is 0.388. The van der Waals surface area contributed by atoms with Crippen molar-refractivity contribution in [3.05, 3.63) is 93.1 Å². The van der Waals surface area contributed by atoms with Crippen LogP contribution in [0.1, 0.15) is 11.1 Å². The summed E-state index contributed by atoms with van der Waals surface area (Å²) < 4.78 is 18.9. The Morgan fingerprint density at radius 1 is 0.966 bits per heavy atom. The number of aromatic nitrogens is 2. The highest BCUT2D eigenvalue weighted by molar-refractivity contribution is 6.30. The van der Waals surface area contributed by atoms with Crippen LogP contribution in [0.4, 0.5) is 10.1 Å². The molecule has 3 aromatic carbocycles. The molecule has 0 atom stereocenters. The fourth-order valence-electron chi connectivity index (χ4n) is 2.91. The Morgan fingerprint density at radius 3 is 2.52 bits per heavy atom. The molecule has 0 amide bonds. The van der Waals surface area contributed by atoms with Crippen molar-refractivity contribution in [2.75, 3.05) is 5.32 Å². The average molecular weight is 434 g/mol. The van der Waals surface area contributed by atoms with Crippen LogP contribution in [0.15, 0.2) is 65.5 Å². The van der Waals surface area contributed by atoms with Crippen molar-refractivity contribution in [1.82, 2.24) is 9.97 Å². The molecule has 8 heteroatoms. The molecule has 0 saturated heterocycles. The number of rotatable bonds is 6. The van der Waals surface area contributed by atoms with E-state index < -0.39 is 0 Å². The third-order valence-corrected chi connectivity index (χ3v) is 4.56. The van der Waals surface area contributed by atoms with E-state index in [4.69, 9.17) is 16.3 Å². The van der Waals surface area contributed by atoms with E-state index in [1.165, 1.54) is 12.1 Å². The van der Waals surface area contributed by atoms with Gasteiger partial charge in [0.1, 0.15) is 18.2 Å². The molecule has 1 aromatic heterocycles. The van der Waals surface area contributed by atoms with Crippen LogP contribution >= 0.6 is 24.0 Å². The zero-order valence-corrected chi connectivity index (χ0v) is 16.7. The molecule has 0 saturated carbocycles. The summed E-state index contributed by atoms with van der Waals surface area (Å²) in [6.45, 7) is 0.810. The molecule has 0 aliphatic rings. The third kappa shape index (κ3) is 5.10. The highest BCUT2D eigenvalue weighted by Crippen LogP contribution is 2.25. The second kappa shape index (κ2) is 9.03. The Hall–Kier alpha value is -2.96. The van der Waals surface area contributed by atoms with Crippen molar-refractivity contribution in [2.24, 2.45) is 0 Å². The highest BCUT2D eigenvalue weighted by atomic mass is 35.5. The largest absolute Gasteiger partial charge is 0.489 e. The van der Waals surface area contributed by atoms with Gasteiger partial charge >= 0.3 is 5.69 Å². The summed E-state index contributed by atoms with van der Waals surface area (Å²) in [5.41, 5.74) is 3.86. The normalized spacial score (nSPS) is 10.6. The van der Waals surface area contributed by atoms with Gasteiger partial charge in [-0.25, -0.2) is 9.18 Å². The molecule has 0 unspecified atom stereocenters. The van der Waals surface area contributed by atoms with Crippen molar-refractivity contribution in [2.45, 2.75) is 13.2 Å². The summed E-state index contributed by atoms with van der Waals surface area (Å²) in [5, 5.41) is 3.92. The summed E-state index contributed by atoms with van der Waals surface area (Å²) in [6, 6.07) is 17.2. The first kappa shape index (κ1) is 20.8. The molecular weight excluding hydrogens is 416 g/mol. The number of ether oxygens (including phenoxy) is 1. The number of aromatic amines is 2. The van der Waals surface area contributed by atoms with Gasteiger partial charge in [-0.1, -0.05) is 23.7 Å². The van der Waals surface area contributed by atoms with E-state index in [1.807, 2.05) is 30.3 Å². The van der Waals surface area contributed by atoms with Crippen LogP contribution in [0.3, 0.4) is 0 Å². The first-order chi connectivity index (χ1) is 13.6. The molecule has 150 valence electrons. The summed E-state index contributed by atoms with van der Waals surface area (Å²) in [7, 11) is 0. The molecule has 0 aliphatic heterocycles. The maximum atomic E-state index is 13.0. The lowest BCUT2D eigenvalue weighted by Crippen LogP contribution is -2.04. The number of benzene rings is 3. The first-order valence-corrected chi connectivity index (χ1v) is 9.06. The van der Waals surface area contributed by atoms with Gasteiger partial charge in [0.2, 0.25) is 0 Å². The molecule has 29 heavy (non-hydrogen) atoms. The fraction of sp³-hybridized carbons (Fsp3) is 0.0952. The van der Waals surface area contributed by atoms with Crippen molar-refractivity contribution in [1.29, 1.82) is 0 Å². The molecular formula is C21H18Cl2FN3O2. The highest BCUT2D eigenvalue weighted by Gasteiger charge is 2.07. The van der Waals surface area contributed by atoms with Crippen molar-refractivity contribution in [3.63, 3.8) is 0 Å². The van der Waals surface area contributed by atoms with Crippen LogP contribution in [-0.4, -0.2) is 9.97 Å². The summed E-state index contributed by atoms with van der Waals surface area (Å²) in [5.74, 6) is 0.415. The predicted octanol–water partition coefficient (Wildman–Crippen LogP) is 5.26. The smallest absolute Gasteiger partial charge is 0.323 e. The topological polar surface area (TPSA) is 69.9 Å². The number of hydrogen-bond acceptors (Lipinski definition) is 3. The van der Waals surface area contributed by atoms with Crippen LogP contribution in [0.5, 0.6) is 5.75 Å². The van der Waals surface area contributed by atoms with Crippen molar-refractivity contribution < 1.29 is 9.13 Å². The number of halogens is 3. The summed E-state index contributed by atoms with van der Waals surface area (Å²) >= 11 is 6.15. The molecule has 0 radical (unpaired) electrons. The lowest BCUT2D eigenvalue weighted by Gasteiger charge is -2.14. The minimum atomic E-state index is -0.277. The Bertz CT molecular complexity index is 1170. The SMILES string of the molecule is Cl.O=c1[nH]c2ccc(NCc3cc(Cl)ccc3OCc3ccc(F)cc3)cc2[nH]1. The Morgan fingerprint density at radius 2 is 1.72 bits per heavy atom. The molecule has 0 spiro atoms. The van der Waals surface area contributed by atoms with Gasteiger partial charge in [-0.2, -0.15) is 0 Å². The van der Waals surface area contributed by atoms with Gasteiger partial charge < -0.3 is 20.0 Å². The summed E-state index contributed by atoms with van der Waals surface area (Å²) in [6.07, 6.45) is 0. The van der Waals surface area contributed by atoms with Crippen LogP contribution in [0.25, 0.3) is 11.0 Å². The minimum absolute atomic E-state index is 0. The number of anilines is 1. The minimum Gasteiger partial charge on any atom is -0.489 e. The molecule has 1 heterocycles. The van der Waals surface area contributed by atoms with Crippen LogP contribution in [0, 0.1) is 5.82 Å². The Kier molecular flexibility index (Phi) is 6.46. The van der Waals surface area contributed by atoms with Gasteiger partial charge in [-0.15, -0.1) is 12.4 Å². The molecule has 5 nitrogen and oxygen atoms in total.